The molecule has 0 spiro atoms. The lowest BCUT2D eigenvalue weighted by Crippen LogP contribution is -2.05. The second-order valence-electron chi connectivity index (χ2n) is 4.68. The highest BCUT2D eigenvalue weighted by Gasteiger charge is 2.11. The van der Waals surface area contributed by atoms with Gasteiger partial charge in [-0.2, -0.15) is 4.98 Å². The zero-order chi connectivity index (χ0) is 14.4. The third-order valence-electron chi connectivity index (χ3n) is 2.44. The quantitative estimate of drug-likeness (QED) is 0.713. The van der Waals surface area contributed by atoms with Crippen LogP contribution < -0.4 is 4.74 Å². The lowest BCUT2D eigenvalue weighted by atomic mass is 10.2. The summed E-state index contributed by atoms with van der Waals surface area (Å²) in [6, 6.07) is 0. The summed E-state index contributed by atoms with van der Waals surface area (Å²) in [5.74, 6) is 2.36. The van der Waals surface area contributed by atoms with Crippen molar-refractivity contribution in [1.29, 1.82) is 0 Å². The summed E-state index contributed by atoms with van der Waals surface area (Å²) in [5, 5.41) is 3.87. The Kier molecular flexibility index (Phi) is 5.00. The molecule has 0 fully saturated rings. The van der Waals surface area contributed by atoms with E-state index in [0.29, 0.717) is 42.2 Å². The summed E-state index contributed by atoms with van der Waals surface area (Å²) in [6.07, 6.45) is 3.71. The van der Waals surface area contributed by atoms with Gasteiger partial charge >= 0.3 is 0 Å². The van der Waals surface area contributed by atoms with Crippen LogP contribution in [0.1, 0.15) is 19.7 Å². The molecule has 0 N–H and O–H groups in total. The molecule has 2 aromatic rings. The second kappa shape index (κ2) is 6.95. The van der Waals surface area contributed by atoms with E-state index in [1.807, 2.05) is 0 Å². The maximum atomic E-state index is 5.47. The maximum Gasteiger partial charge on any atom is 0.295 e. The van der Waals surface area contributed by atoms with Crippen LogP contribution in [0.2, 0.25) is 0 Å². The zero-order valence-electron chi connectivity index (χ0n) is 11.9. The first-order valence-corrected chi connectivity index (χ1v) is 6.45. The van der Waals surface area contributed by atoms with E-state index < -0.39 is 0 Å². The monoisotopic (exact) mass is 278 g/mol. The fourth-order valence-corrected chi connectivity index (χ4v) is 1.46. The molecular weight excluding hydrogens is 260 g/mol. The van der Waals surface area contributed by atoms with Gasteiger partial charge in [-0.05, 0) is 5.92 Å². The Hall–Kier alpha value is -2.02. The highest BCUT2D eigenvalue weighted by atomic mass is 16.5. The molecular formula is C13H18N4O3. The van der Waals surface area contributed by atoms with E-state index in [2.05, 4.69) is 34.0 Å². The van der Waals surface area contributed by atoms with Crippen LogP contribution in [0, 0.1) is 5.92 Å². The molecule has 0 aliphatic rings. The minimum absolute atomic E-state index is 0.298. The van der Waals surface area contributed by atoms with E-state index in [-0.39, 0.29) is 0 Å². The number of hydrogen-bond acceptors (Lipinski definition) is 7. The minimum atomic E-state index is 0.298. The van der Waals surface area contributed by atoms with Crippen LogP contribution in [0.3, 0.4) is 0 Å². The summed E-state index contributed by atoms with van der Waals surface area (Å²) in [6.45, 7) is 5.51. The lowest BCUT2D eigenvalue weighted by Gasteiger charge is -2.04. The van der Waals surface area contributed by atoms with Crippen molar-refractivity contribution in [2.45, 2.75) is 20.3 Å². The van der Waals surface area contributed by atoms with Crippen LogP contribution in [0.25, 0.3) is 11.7 Å². The van der Waals surface area contributed by atoms with E-state index in [1.54, 1.807) is 19.5 Å². The highest BCUT2D eigenvalue weighted by molar-refractivity contribution is 5.39. The van der Waals surface area contributed by atoms with Gasteiger partial charge in [0.15, 0.2) is 11.6 Å². The van der Waals surface area contributed by atoms with E-state index >= 15 is 0 Å². The van der Waals surface area contributed by atoms with Crippen molar-refractivity contribution in [3.8, 4) is 17.5 Å². The molecule has 0 amide bonds. The fourth-order valence-electron chi connectivity index (χ4n) is 1.46. The van der Waals surface area contributed by atoms with Crippen LogP contribution in [-0.4, -0.2) is 40.4 Å². The Morgan fingerprint density at radius 2 is 2.00 bits per heavy atom. The standard InChI is InChI=1S/C13H18N4O3/c1-9(2)8-19-5-4-11-16-13(20-17-11)12-14-6-10(18-3)7-15-12/h6-7,9H,4-5,8H2,1-3H3. The Bertz CT molecular complexity index is 525. The first kappa shape index (κ1) is 14.4. The molecule has 20 heavy (non-hydrogen) atoms. The molecule has 7 heteroatoms. The highest BCUT2D eigenvalue weighted by Crippen LogP contribution is 2.14. The zero-order valence-corrected chi connectivity index (χ0v) is 11.9. The van der Waals surface area contributed by atoms with Gasteiger partial charge in [0.1, 0.15) is 0 Å². The molecule has 0 aliphatic heterocycles. The van der Waals surface area contributed by atoms with E-state index in [0.717, 1.165) is 6.61 Å². The number of nitrogens with zero attached hydrogens (tertiary/aromatic N) is 4. The Labute approximate surface area is 117 Å². The van der Waals surface area contributed by atoms with Gasteiger partial charge < -0.3 is 14.0 Å². The molecule has 0 aliphatic carbocycles. The van der Waals surface area contributed by atoms with Gasteiger partial charge in [0, 0.05) is 13.0 Å². The molecule has 108 valence electrons. The van der Waals surface area contributed by atoms with Crippen LogP contribution >= 0.6 is 0 Å². The molecule has 0 radical (unpaired) electrons. The molecule has 0 unspecified atom stereocenters. The van der Waals surface area contributed by atoms with Gasteiger partial charge in [-0.3, -0.25) is 0 Å². The molecule has 0 saturated heterocycles. The Morgan fingerprint density at radius 3 is 2.65 bits per heavy atom. The van der Waals surface area contributed by atoms with Crippen molar-refractivity contribution in [1.82, 2.24) is 20.1 Å². The Balaban J connectivity index is 1.90. The number of aromatic nitrogens is 4. The summed E-state index contributed by atoms with van der Waals surface area (Å²) >= 11 is 0. The number of methoxy groups -OCH3 is 1. The molecule has 2 rings (SSSR count). The predicted octanol–water partition coefficient (Wildman–Crippen LogP) is 1.75. The average molecular weight is 278 g/mol. The SMILES string of the molecule is COc1cnc(-c2nc(CCOCC(C)C)no2)nc1. The van der Waals surface area contributed by atoms with Gasteiger partial charge in [-0.25, -0.2) is 9.97 Å². The molecule has 7 nitrogen and oxygen atoms in total. The van der Waals surface area contributed by atoms with Crippen molar-refractivity contribution in [2.75, 3.05) is 20.3 Å². The van der Waals surface area contributed by atoms with Crippen LogP contribution in [0.15, 0.2) is 16.9 Å². The van der Waals surface area contributed by atoms with Crippen molar-refractivity contribution in [3.05, 3.63) is 18.2 Å². The third-order valence-corrected chi connectivity index (χ3v) is 2.44. The maximum absolute atomic E-state index is 5.47. The second-order valence-corrected chi connectivity index (χ2v) is 4.68. The lowest BCUT2D eigenvalue weighted by molar-refractivity contribution is 0.111. The van der Waals surface area contributed by atoms with Gasteiger partial charge in [0.25, 0.3) is 5.89 Å². The van der Waals surface area contributed by atoms with Gasteiger partial charge in [-0.15, -0.1) is 0 Å². The molecule has 0 atom stereocenters. The smallest absolute Gasteiger partial charge is 0.295 e. The molecule has 0 saturated carbocycles. The van der Waals surface area contributed by atoms with E-state index in [9.17, 15) is 0 Å². The van der Waals surface area contributed by atoms with Gasteiger partial charge in [-0.1, -0.05) is 19.0 Å². The summed E-state index contributed by atoms with van der Waals surface area (Å²) in [7, 11) is 1.56. The first-order chi connectivity index (χ1) is 9.69. The number of rotatable bonds is 7. The van der Waals surface area contributed by atoms with Crippen LogP contribution in [0.4, 0.5) is 0 Å². The summed E-state index contributed by atoms with van der Waals surface area (Å²) in [5.41, 5.74) is 0. The van der Waals surface area contributed by atoms with Gasteiger partial charge in [0.05, 0.1) is 26.1 Å². The van der Waals surface area contributed by atoms with E-state index in [1.165, 1.54) is 0 Å². The third kappa shape index (κ3) is 3.99. The summed E-state index contributed by atoms with van der Waals surface area (Å²) < 4.78 is 15.6. The molecule has 0 aromatic carbocycles. The van der Waals surface area contributed by atoms with Gasteiger partial charge in [0.2, 0.25) is 5.82 Å². The van der Waals surface area contributed by atoms with Crippen molar-refractivity contribution < 1.29 is 14.0 Å². The fraction of sp³-hybridized carbons (Fsp3) is 0.538. The molecule has 0 bridgehead atoms. The number of ether oxygens (including phenoxy) is 2. The largest absolute Gasteiger partial charge is 0.494 e. The van der Waals surface area contributed by atoms with Crippen molar-refractivity contribution in [3.63, 3.8) is 0 Å². The van der Waals surface area contributed by atoms with Crippen LogP contribution in [0.5, 0.6) is 5.75 Å². The molecule has 2 heterocycles. The van der Waals surface area contributed by atoms with Crippen LogP contribution in [-0.2, 0) is 11.2 Å². The van der Waals surface area contributed by atoms with Crippen molar-refractivity contribution in [2.24, 2.45) is 5.92 Å². The van der Waals surface area contributed by atoms with E-state index in [4.69, 9.17) is 14.0 Å². The minimum Gasteiger partial charge on any atom is -0.494 e. The van der Waals surface area contributed by atoms with Crippen molar-refractivity contribution >= 4 is 0 Å². The molecule has 2 aromatic heterocycles. The number of hydrogen-bond donors (Lipinski definition) is 0. The Morgan fingerprint density at radius 1 is 1.25 bits per heavy atom. The topological polar surface area (TPSA) is 83.2 Å². The predicted molar refractivity (Wildman–Crippen MR) is 71.2 cm³/mol. The average Bonchev–Trinajstić information content (AvgIpc) is 2.92. The normalized spacial score (nSPS) is 11.0. The summed E-state index contributed by atoms with van der Waals surface area (Å²) in [4.78, 5) is 12.4. The first-order valence-electron chi connectivity index (χ1n) is 6.45.